The van der Waals surface area contributed by atoms with Crippen LogP contribution in [0, 0.1) is 0 Å². The van der Waals surface area contributed by atoms with E-state index in [2.05, 4.69) is 10.3 Å². The van der Waals surface area contributed by atoms with Gasteiger partial charge in [-0.3, -0.25) is 14.6 Å². The maximum atomic E-state index is 12.4. The monoisotopic (exact) mass is 319 g/mol. The second-order valence-corrected chi connectivity index (χ2v) is 5.64. The van der Waals surface area contributed by atoms with Crippen molar-refractivity contribution in [2.75, 3.05) is 19.4 Å². The number of hydrogen-bond donors (Lipinski definition) is 1. The molecule has 5 nitrogen and oxygen atoms in total. The molecule has 1 heterocycles. The van der Waals surface area contributed by atoms with Crippen LogP contribution in [-0.2, 0) is 0 Å². The predicted molar refractivity (Wildman–Crippen MR) is 94.2 cm³/mol. The number of amides is 2. The number of nitrogens with one attached hydrogen (secondary N) is 1. The van der Waals surface area contributed by atoms with E-state index in [9.17, 15) is 9.59 Å². The van der Waals surface area contributed by atoms with Crippen LogP contribution in [0.3, 0.4) is 0 Å². The van der Waals surface area contributed by atoms with E-state index in [1.54, 1.807) is 56.7 Å². The van der Waals surface area contributed by atoms with E-state index in [0.717, 1.165) is 10.9 Å². The molecule has 1 aromatic heterocycles. The van der Waals surface area contributed by atoms with Crippen LogP contribution in [0.4, 0.5) is 5.69 Å². The van der Waals surface area contributed by atoms with E-state index in [-0.39, 0.29) is 11.8 Å². The standard InChI is InChI=1S/C19H17N3O2/c1-22(2)19(24)14-7-9-16(10-8-14)21-18(23)15-6-5-13-4-3-11-20-17(13)12-15/h3-12H,1-2H3,(H,21,23). The minimum absolute atomic E-state index is 0.0755. The molecule has 2 amide bonds. The highest BCUT2D eigenvalue weighted by Gasteiger charge is 2.10. The molecule has 0 unspecified atom stereocenters. The smallest absolute Gasteiger partial charge is 0.255 e. The second-order valence-electron chi connectivity index (χ2n) is 5.64. The van der Waals surface area contributed by atoms with Gasteiger partial charge in [0, 0.05) is 42.5 Å². The molecule has 5 heteroatoms. The maximum Gasteiger partial charge on any atom is 0.255 e. The Labute approximate surface area is 139 Å². The van der Waals surface area contributed by atoms with Gasteiger partial charge in [-0.25, -0.2) is 0 Å². The van der Waals surface area contributed by atoms with Gasteiger partial charge in [0.25, 0.3) is 11.8 Å². The Kier molecular flexibility index (Phi) is 4.24. The van der Waals surface area contributed by atoms with Gasteiger partial charge >= 0.3 is 0 Å². The first-order chi connectivity index (χ1) is 11.5. The fraction of sp³-hybridized carbons (Fsp3) is 0.105. The highest BCUT2D eigenvalue weighted by molar-refractivity contribution is 6.06. The SMILES string of the molecule is CN(C)C(=O)c1ccc(NC(=O)c2ccc3cccnc3c2)cc1. The summed E-state index contributed by atoms with van der Waals surface area (Å²) in [4.78, 5) is 30.0. The van der Waals surface area contributed by atoms with Crippen LogP contribution in [0.2, 0.25) is 0 Å². The largest absolute Gasteiger partial charge is 0.345 e. The summed E-state index contributed by atoms with van der Waals surface area (Å²) in [5, 5.41) is 3.81. The van der Waals surface area contributed by atoms with Gasteiger partial charge in [-0.2, -0.15) is 0 Å². The van der Waals surface area contributed by atoms with Gasteiger partial charge in [-0.1, -0.05) is 12.1 Å². The Morgan fingerprint density at radius 2 is 1.67 bits per heavy atom. The van der Waals surface area contributed by atoms with Gasteiger partial charge < -0.3 is 10.2 Å². The van der Waals surface area contributed by atoms with Crippen LogP contribution in [0.25, 0.3) is 10.9 Å². The van der Waals surface area contributed by atoms with Crippen molar-refractivity contribution >= 4 is 28.4 Å². The molecular formula is C19H17N3O2. The molecule has 0 radical (unpaired) electrons. The number of benzene rings is 2. The van der Waals surface area contributed by atoms with Crippen LogP contribution in [-0.4, -0.2) is 35.8 Å². The second kappa shape index (κ2) is 6.50. The minimum atomic E-state index is -0.214. The number of nitrogens with zero attached hydrogens (tertiary/aromatic N) is 2. The van der Waals surface area contributed by atoms with E-state index in [0.29, 0.717) is 16.8 Å². The number of carbonyl (C=O) groups excluding carboxylic acids is 2. The lowest BCUT2D eigenvalue weighted by Crippen LogP contribution is -2.21. The molecule has 0 saturated heterocycles. The summed E-state index contributed by atoms with van der Waals surface area (Å²) >= 11 is 0. The van der Waals surface area contributed by atoms with Gasteiger partial charge in [-0.05, 0) is 42.5 Å². The molecule has 0 aliphatic heterocycles. The van der Waals surface area contributed by atoms with Gasteiger partial charge in [0.1, 0.15) is 0 Å². The molecule has 120 valence electrons. The molecule has 0 fully saturated rings. The summed E-state index contributed by atoms with van der Waals surface area (Å²) in [7, 11) is 3.40. The van der Waals surface area contributed by atoms with Gasteiger partial charge in [0.2, 0.25) is 0 Å². The normalized spacial score (nSPS) is 10.4. The van der Waals surface area contributed by atoms with Gasteiger partial charge in [0.05, 0.1) is 5.52 Å². The minimum Gasteiger partial charge on any atom is -0.345 e. The Morgan fingerprint density at radius 3 is 2.38 bits per heavy atom. The molecule has 0 aliphatic carbocycles. The summed E-state index contributed by atoms with van der Waals surface area (Å²) in [6, 6.07) is 16.0. The first-order valence-electron chi connectivity index (χ1n) is 7.52. The van der Waals surface area contributed by atoms with Crippen molar-refractivity contribution in [3.05, 3.63) is 71.9 Å². The number of pyridine rings is 1. The van der Waals surface area contributed by atoms with E-state index in [4.69, 9.17) is 0 Å². The average Bonchev–Trinajstić information content (AvgIpc) is 2.61. The molecule has 0 bridgehead atoms. The van der Waals surface area contributed by atoms with Crippen LogP contribution in [0.5, 0.6) is 0 Å². The number of rotatable bonds is 3. The maximum absolute atomic E-state index is 12.4. The van der Waals surface area contributed by atoms with Crippen LogP contribution < -0.4 is 5.32 Å². The van der Waals surface area contributed by atoms with Crippen LogP contribution in [0.1, 0.15) is 20.7 Å². The molecule has 3 rings (SSSR count). The Morgan fingerprint density at radius 1 is 0.958 bits per heavy atom. The number of aromatic nitrogens is 1. The van der Waals surface area contributed by atoms with Crippen molar-refractivity contribution in [2.24, 2.45) is 0 Å². The summed E-state index contributed by atoms with van der Waals surface area (Å²) in [5.41, 5.74) is 2.52. The van der Waals surface area contributed by atoms with Gasteiger partial charge in [0.15, 0.2) is 0 Å². The Hall–Kier alpha value is -3.21. The summed E-state index contributed by atoms with van der Waals surface area (Å²) < 4.78 is 0. The molecule has 24 heavy (non-hydrogen) atoms. The highest BCUT2D eigenvalue weighted by atomic mass is 16.2. The van der Waals surface area contributed by atoms with Crippen molar-refractivity contribution in [1.82, 2.24) is 9.88 Å². The lowest BCUT2D eigenvalue weighted by molar-refractivity contribution is 0.0827. The summed E-state index contributed by atoms with van der Waals surface area (Å²) in [5.74, 6) is -0.289. The van der Waals surface area contributed by atoms with Crippen molar-refractivity contribution in [1.29, 1.82) is 0 Å². The molecule has 3 aromatic rings. The van der Waals surface area contributed by atoms with Crippen molar-refractivity contribution in [3.8, 4) is 0 Å². The first-order valence-corrected chi connectivity index (χ1v) is 7.52. The predicted octanol–water partition coefficient (Wildman–Crippen LogP) is 3.19. The van der Waals surface area contributed by atoms with E-state index in [1.807, 2.05) is 18.2 Å². The lowest BCUT2D eigenvalue weighted by atomic mass is 10.1. The summed E-state index contributed by atoms with van der Waals surface area (Å²) in [6.07, 6.45) is 1.70. The van der Waals surface area contributed by atoms with E-state index in [1.165, 1.54) is 4.90 Å². The molecule has 0 saturated carbocycles. The van der Waals surface area contributed by atoms with E-state index < -0.39 is 0 Å². The average molecular weight is 319 g/mol. The van der Waals surface area contributed by atoms with E-state index >= 15 is 0 Å². The molecular weight excluding hydrogens is 302 g/mol. The molecule has 0 atom stereocenters. The zero-order chi connectivity index (χ0) is 17.1. The molecule has 0 spiro atoms. The highest BCUT2D eigenvalue weighted by Crippen LogP contribution is 2.16. The third-order valence-electron chi connectivity index (χ3n) is 3.66. The van der Waals surface area contributed by atoms with Crippen LogP contribution in [0.15, 0.2) is 60.8 Å². The molecule has 0 aliphatic rings. The lowest BCUT2D eigenvalue weighted by Gasteiger charge is -2.11. The fourth-order valence-corrected chi connectivity index (χ4v) is 2.37. The van der Waals surface area contributed by atoms with Crippen LogP contribution >= 0.6 is 0 Å². The number of fused-ring (bicyclic) bond motifs is 1. The number of carbonyl (C=O) groups is 2. The Bertz CT molecular complexity index is 902. The third kappa shape index (κ3) is 3.25. The zero-order valence-electron chi connectivity index (χ0n) is 13.5. The quantitative estimate of drug-likeness (QED) is 0.806. The fourth-order valence-electron chi connectivity index (χ4n) is 2.37. The number of anilines is 1. The zero-order valence-corrected chi connectivity index (χ0v) is 13.5. The number of hydrogen-bond acceptors (Lipinski definition) is 3. The molecule has 2 aromatic carbocycles. The van der Waals surface area contributed by atoms with Crippen molar-refractivity contribution in [3.63, 3.8) is 0 Å². The summed E-state index contributed by atoms with van der Waals surface area (Å²) in [6.45, 7) is 0. The molecule has 1 N–H and O–H groups in total. The van der Waals surface area contributed by atoms with Crippen molar-refractivity contribution < 1.29 is 9.59 Å². The van der Waals surface area contributed by atoms with Crippen molar-refractivity contribution in [2.45, 2.75) is 0 Å². The Balaban J connectivity index is 1.77. The topological polar surface area (TPSA) is 62.3 Å². The van der Waals surface area contributed by atoms with Gasteiger partial charge in [-0.15, -0.1) is 0 Å². The third-order valence-corrected chi connectivity index (χ3v) is 3.66. The first kappa shape index (κ1) is 15.7.